The normalized spacial score (nSPS) is 11.4. The van der Waals surface area contributed by atoms with Gasteiger partial charge in [0.25, 0.3) is 11.6 Å². The van der Waals surface area contributed by atoms with Gasteiger partial charge in [-0.05, 0) is 36.8 Å². The molecule has 204 valence electrons. The minimum absolute atomic E-state index is 0.162. The number of benzene rings is 4. The Kier molecular flexibility index (Phi) is 8.52. The van der Waals surface area contributed by atoms with E-state index < -0.39 is 16.1 Å². The fraction of sp³-hybridized carbons (Fsp3) is 0.0645. The lowest BCUT2D eigenvalue weighted by molar-refractivity contribution is -0.384. The van der Waals surface area contributed by atoms with Gasteiger partial charge in [-0.3, -0.25) is 19.7 Å². The maximum Gasteiger partial charge on any atom is 0.270 e. The van der Waals surface area contributed by atoms with E-state index in [9.17, 15) is 19.7 Å². The Labute approximate surface area is 244 Å². The van der Waals surface area contributed by atoms with E-state index >= 15 is 0 Å². The van der Waals surface area contributed by atoms with Gasteiger partial charge in [0.1, 0.15) is 5.25 Å². The maximum absolute atomic E-state index is 13.6. The highest BCUT2D eigenvalue weighted by Gasteiger charge is 2.24. The van der Waals surface area contributed by atoms with Crippen LogP contribution in [0.4, 0.5) is 16.5 Å². The molecule has 0 aliphatic heterocycles. The Balaban J connectivity index is 1.35. The van der Waals surface area contributed by atoms with Crippen molar-refractivity contribution in [1.82, 2.24) is 4.98 Å². The summed E-state index contributed by atoms with van der Waals surface area (Å²) in [7, 11) is 0. The van der Waals surface area contributed by atoms with Crippen LogP contribution in [0.5, 0.6) is 0 Å². The van der Waals surface area contributed by atoms with E-state index in [1.807, 2.05) is 73.7 Å². The lowest BCUT2D eigenvalue weighted by atomic mass is 10.1. The van der Waals surface area contributed by atoms with E-state index in [4.69, 9.17) is 0 Å². The van der Waals surface area contributed by atoms with Crippen molar-refractivity contribution < 1.29 is 14.5 Å². The zero-order valence-electron chi connectivity index (χ0n) is 21.8. The van der Waals surface area contributed by atoms with Crippen molar-refractivity contribution >= 4 is 51.4 Å². The smallest absolute Gasteiger partial charge is 0.270 e. The molecule has 1 aromatic heterocycles. The first-order chi connectivity index (χ1) is 19.9. The van der Waals surface area contributed by atoms with E-state index in [-0.39, 0.29) is 17.2 Å². The number of hydrogen-bond acceptors (Lipinski definition) is 7. The molecule has 2 N–H and O–H groups in total. The SMILES string of the molecule is Cc1sc(NC(=O)C(Sc2cccc(NC(=O)c3cccc([N+](=O)[O-])c3)c2)c2ccccc2)nc1-c1ccccc1. The third kappa shape index (κ3) is 6.86. The van der Waals surface area contributed by atoms with E-state index in [0.29, 0.717) is 10.8 Å². The Hall–Kier alpha value is -4.80. The molecule has 0 saturated carbocycles. The lowest BCUT2D eigenvalue weighted by Crippen LogP contribution is -2.19. The predicted molar refractivity (Wildman–Crippen MR) is 163 cm³/mol. The summed E-state index contributed by atoms with van der Waals surface area (Å²) in [6.07, 6.45) is 0. The molecule has 0 bridgehead atoms. The van der Waals surface area contributed by atoms with Crippen molar-refractivity contribution in [2.24, 2.45) is 0 Å². The minimum Gasteiger partial charge on any atom is -0.322 e. The zero-order valence-corrected chi connectivity index (χ0v) is 23.4. The number of nitrogens with one attached hydrogen (secondary N) is 2. The molecule has 0 aliphatic carbocycles. The fourth-order valence-corrected chi connectivity index (χ4v) is 6.05. The standard InChI is InChI=1S/C31H24N4O4S2/c1-20-27(21-10-4-2-5-11-21)33-31(40-20)34-30(37)28(22-12-6-3-7-13-22)41-26-17-9-15-24(19-26)32-29(36)23-14-8-16-25(18-23)35(38)39/h2-19,28H,1H3,(H,32,36)(H,33,34,37). The van der Waals surface area contributed by atoms with Crippen LogP contribution in [-0.4, -0.2) is 21.7 Å². The summed E-state index contributed by atoms with van der Waals surface area (Å²) in [5.74, 6) is -0.692. The Morgan fingerprint density at radius 2 is 1.59 bits per heavy atom. The average Bonchev–Trinajstić information content (AvgIpc) is 3.36. The second kappa shape index (κ2) is 12.6. The van der Waals surface area contributed by atoms with Crippen LogP contribution >= 0.6 is 23.1 Å². The molecular weight excluding hydrogens is 556 g/mol. The Bertz CT molecular complexity index is 1710. The second-order valence-corrected chi connectivity index (χ2v) is 11.4. The first-order valence-electron chi connectivity index (χ1n) is 12.6. The predicted octanol–water partition coefficient (Wildman–Crippen LogP) is 7.75. The van der Waals surface area contributed by atoms with Crippen LogP contribution in [0.1, 0.15) is 26.0 Å². The first-order valence-corrected chi connectivity index (χ1v) is 14.3. The molecule has 41 heavy (non-hydrogen) atoms. The third-order valence-electron chi connectivity index (χ3n) is 6.08. The molecule has 0 fully saturated rings. The van der Waals surface area contributed by atoms with Crippen LogP contribution in [0.15, 0.2) is 114 Å². The van der Waals surface area contributed by atoms with Gasteiger partial charge in [-0.15, -0.1) is 23.1 Å². The molecule has 1 heterocycles. The molecule has 1 atom stereocenters. The van der Waals surface area contributed by atoms with Crippen molar-refractivity contribution in [1.29, 1.82) is 0 Å². The number of nitro benzene ring substituents is 1. The molecule has 5 aromatic rings. The van der Waals surface area contributed by atoms with Crippen LogP contribution in [0.2, 0.25) is 0 Å². The van der Waals surface area contributed by atoms with E-state index in [1.54, 1.807) is 18.2 Å². The number of carbonyl (C=O) groups is 2. The number of aromatic nitrogens is 1. The number of amides is 2. The number of thioether (sulfide) groups is 1. The number of aryl methyl sites for hydroxylation is 1. The number of anilines is 2. The van der Waals surface area contributed by atoms with Crippen LogP contribution < -0.4 is 10.6 Å². The van der Waals surface area contributed by atoms with Gasteiger partial charge in [-0.2, -0.15) is 0 Å². The van der Waals surface area contributed by atoms with Crippen molar-refractivity contribution in [2.45, 2.75) is 17.1 Å². The number of carbonyl (C=O) groups excluding carboxylic acids is 2. The third-order valence-corrected chi connectivity index (χ3v) is 8.21. The summed E-state index contributed by atoms with van der Waals surface area (Å²) in [6.45, 7) is 1.98. The van der Waals surface area contributed by atoms with Gasteiger partial charge in [0.2, 0.25) is 5.91 Å². The quantitative estimate of drug-likeness (QED) is 0.105. The molecule has 4 aromatic carbocycles. The van der Waals surface area contributed by atoms with Gasteiger partial charge in [0, 0.05) is 38.7 Å². The lowest BCUT2D eigenvalue weighted by Gasteiger charge is -2.17. The van der Waals surface area contributed by atoms with E-state index in [2.05, 4.69) is 15.6 Å². The van der Waals surface area contributed by atoms with Crippen LogP contribution in [0, 0.1) is 17.0 Å². The summed E-state index contributed by atoms with van der Waals surface area (Å²) < 4.78 is 0. The molecule has 0 aliphatic rings. The van der Waals surface area contributed by atoms with Crippen molar-refractivity contribution in [2.75, 3.05) is 10.6 Å². The molecule has 2 amide bonds. The minimum atomic E-state index is -0.594. The average molecular weight is 581 g/mol. The summed E-state index contributed by atoms with van der Waals surface area (Å²) >= 11 is 2.77. The number of nitrogens with zero attached hydrogens (tertiary/aromatic N) is 2. The van der Waals surface area contributed by atoms with Crippen molar-refractivity contribution in [3.8, 4) is 11.3 Å². The van der Waals surface area contributed by atoms with Crippen LogP contribution in [0.25, 0.3) is 11.3 Å². The first kappa shape index (κ1) is 27.8. The van der Waals surface area contributed by atoms with Gasteiger partial charge in [-0.25, -0.2) is 4.98 Å². The van der Waals surface area contributed by atoms with Crippen molar-refractivity contribution in [3.05, 3.63) is 135 Å². The Morgan fingerprint density at radius 1 is 0.878 bits per heavy atom. The molecule has 0 spiro atoms. The number of nitro groups is 1. The molecule has 5 rings (SSSR count). The number of hydrogen-bond donors (Lipinski definition) is 2. The molecule has 1 unspecified atom stereocenters. The number of non-ortho nitro benzene ring substituents is 1. The highest BCUT2D eigenvalue weighted by Crippen LogP contribution is 2.38. The highest BCUT2D eigenvalue weighted by molar-refractivity contribution is 8.00. The van der Waals surface area contributed by atoms with Crippen molar-refractivity contribution in [3.63, 3.8) is 0 Å². The van der Waals surface area contributed by atoms with E-state index in [1.165, 1.54) is 47.4 Å². The topological polar surface area (TPSA) is 114 Å². The zero-order chi connectivity index (χ0) is 28.8. The molecule has 10 heteroatoms. The number of rotatable bonds is 9. The summed E-state index contributed by atoms with van der Waals surface area (Å²) in [5.41, 5.74) is 3.15. The molecule has 0 radical (unpaired) electrons. The summed E-state index contributed by atoms with van der Waals surface area (Å²) in [6, 6.07) is 31.9. The molecular formula is C31H24N4O4S2. The van der Waals surface area contributed by atoms with Gasteiger partial charge in [0.05, 0.1) is 10.6 Å². The second-order valence-electron chi connectivity index (χ2n) is 8.98. The number of thiazole rings is 1. The highest BCUT2D eigenvalue weighted by atomic mass is 32.2. The van der Waals surface area contributed by atoms with Crippen LogP contribution in [0.3, 0.4) is 0 Å². The van der Waals surface area contributed by atoms with Crippen LogP contribution in [-0.2, 0) is 4.79 Å². The maximum atomic E-state index is 13.6. The summed E-state index contributed by atoms with van der Waals surface area (Å²) in [4.78, 5) is 43.4. The van der Waals surface area contributed by atoms with Gasteiger partial charge in [-0.1, -0.05) is 72.8 Å². The Morgan fingerprint density at radius 3 is 2.32 bits per heavy atom. The van der Waals surface area contributed by atoms with Gasteiger partial charge < -0.3 is 10.6 Å². The monoisotopic (exact) mass is 580 g/mol. The van der Waals surface area contributed by atoms with E-state index in [0.717, 1.165) is 26.6 Å². The fourth-order valence-electron chi connectivity index (χ4n) is 4.13. The molecule has 8 nitrogen and oxygen atoms in total. The summed E-state index contributed by atoms with van der Waals surface area (Å²) in [5, 5.41) is 16.8. The largest absolute Gasteiger partial charge is 0.322 e. The van der Waals surface area contributed by atoms with Gasteiger partial charge in [0.15, 0.2) is 5.13 Å². The van der Waals surface area contributed by atoms with Gasteiger partial charge >= 0.3 is 0 Å². The molecule has 0 saturated heterocycles.